The number of rotatable bonds is 5. The zero-order valence-corrected chi connectivity index (χ0v) is 11.7. The van der Waals surface area contributed by atoms with Crippen LogP contribution in [-0.4, -0.2) is 29.9 Å². The molecule has 2 rings (SSSR count). The minimum Gasteiger partial charge on any atom is -0.333 e. The normalized spacial score (nSPS) is 18.3. The van der Waals surface area contributed by atoms with Crippen molar-refractivity contribution in [3.8, 4) is 0 Å². The fourth-order valence-electron chi connectivity index (χ4n) is 2.34. The van der Waals surface area contributed by atoms with Crippen LogP contribution in [0.2, 0.25) is 5.02 Å². The highest BCUT2D eigenvalue weighted by Gasteiger charge is 2.26. The van der Waals surface area contributed by atoms with E-state index in [4.69, 9.17) is 11.6 Å². The maximum Gasteiger partial charge on any atom is 0.240 e. The van der Waals surface area contributed by atoms with Crippen LogP contribution in [0.5, 0.6) is 0 Å². The van der Waals surface area contributed by atoms with Crippen molar-refractivity contribution in [3.63, 3.8) is 0 Å². The van der Waals surface area contributed by atoms with Crippen LogP contribution in [0.3, 0.4) is 0 Å². The van der Waals surface area contributed by atoms with E-state index >= 15 is 0 Å². The van der Waals surface area contributed by atoms with Gasteiger partial charge in [0.1, 0.15) is 0 Å². The molecule has 0 aromatic heterocycles. The van der Waals surface area contributed by atoms with E-state index in [1.165, 1.54) is 0 Å². The lowest BCUT2D eigenvalue weighted by Crippen LogP contribution is -2.43. The van der Waals surface area contributed by atoms with Gasteiger partial charge in [-0.25, -0.2) is 0 Å². The molecule has 1 N–H and O–H groups in total. The van der Waals surface area contributed by atoms with Crippen molar-refractivity contribution >= 4 is 17.5 Å². The Bertz CT molecular complexity index is 455. The van der Waals surface area contributed by atoms with Crippen LogP contribution in [-0.2, 0) is 11.3 Å². The van der Waals surface area contributed by atoms with Crippen LogP contribution in [0.4, 0.5) is 0 Å². The summed E-state index contributed by atoms with van der Waals surface area (Å²) in [4.78, 5) is 14.2. The number of halogens is 1. The third-order valence-electron chi connectivity index (χ3n) is 3.34. The van der Waals surface area contributed by atoms with Gasteiger partial charge in [0.2, 0.25) is 5.91 Å². The van der Waals surface area contributed by atoms with Crippen molar-refractivity contribution in [1.82, 2.24) is 10.2 Å². The summed E-state index contributed by atoms with van der Waals surface area (Å²) in [5.74, 6) is 0.136. The summed E-state index contributed by atoms with van der Waals surface area (Å²) in [6, 6.07) is 7.58. The molecule has 1 heterocycles. The van der Waals surface area contributed by atoms with E-state index in [1.807, 2.05) is 24.3 Å². The van der Waals surface area contributed by atoms with E-state index in [2.05, 4.69) is 11.9 Å². The molecule has 3 nitrogen and oxygen atoms in total. The molecule has 1 aliphatic heterocycles. The first-order valence-electron chi connectivity index (χ1n) is 6.59. The molecule has 0 bridgehead atoms. The molecule has 0 aliphatic carbocycles. The van der Waals surface area contributed by atoms with Crippen molar-refractivity contribution in [1.29, 1.82) is 0 Å². The number of carbonyl (C=O) groups is 1. The van der Waals surface area contributed by atoms with Crippen molar-refractivity contribution in [2.45, 2.75) is 25.4 Å². The summed E-state index contributed by atoms with van der Waals surface area (Å²) in [5.41, 5.74) is 0.970. The molecule has 1 aromatic rings. The Labute approximate surface area is 119 Å². The largest absolute Gasteiger partial charge is 0.333 e. The average Bonchev–Trinajstić information content (AvgIpc) is 2.94. The SMILES string of the molecule is C=CCN(Cc1ccccc1Cl)C(=O)[C@@H]1CCCN1. The summed E-state index contributed by atoms with van der Waals surface area (Å²) < 4.78 is 0. The summed E-state index contributed by atoms with van der Waals surface area (Å²) >= 11 is 6.15. The van der Waals surface area contributed by atoms with Gasteiger partial charge in [0, 0.05) is 18.1 Å². The Morgan fingerprint density at radius 1 is 1.53 bits per heavy atom. The van der Waals surface area contributed by atoms with Gasteiger partial charge < -0.3 is 10.2 Å². The maximum atomic E-state index is 12.4. The Balaban J connectivity index is 2.09. The number of nitrogens with zero attached hydrogens (tertiary/aromatic N) is 1. The molecule has 1 aromatic carbocycles. The fraction of sp³-hybridized carbons (Fsp3) is 0.400. The lowest BCUT2D eigenvalue weighted by atomic mass is 10.1. The summed E-state index contributed by atoms with van der Waals surface area (Å²) in [5, 5.41) is 3.94. The van der Waals surface area contributed by atoms with E-state index in [9.17, 15) is 4.79 Å². The zero-order chi connectivity index (χ0) is 13.7. The van der Waals surface area contributed by atoms with Crippen molar-refractivity contribution < 1.29 is 4.79 Å². The second kappa shape index (κ2) is 6.73. The molecule has 4 heteroatoms. The number of benzene rings is 1. The molecule has 1 amide bonds. The molecule has 1 atom stereocenters. The highest BCUT2D eigenvalue weighted by molar-refractivity contribution is 6.31. The third kappa shape index (κ3) is 3.58. The molecule has 19 heavy (non-hydrogen) atoms. The third-order valence-corrected chi connectivity index (χ3v) is 3.71. The molecule has 0 unspecified atom stereocenters. The summed E-state index contributed by atoms with van der Waals surface area (Å²) in [6.45, 7) is 5.72. The van der Waals surface area contributed by atoms with Crippen LogP contribution in [0.1, 0.15) is 18.4 Å². The monoisotopic (exact) mass is 278 g/mol. The Kier molecular flexibility index (Phi) is 5.00. The van der Waals surface area contributed by atoms with E-state index < -0.39 is 0 Å². The molecular weight excluding hydrogens is 260 g/mol. The summed E-state index contributed by atoms with van der Waals surface area (Å²) in [6.07, 6.45) is 3.73. The quantitative estimate of drug-likeness (QED) is 0.840. The minimum absolute atomic E-state index is 0.0533. The van der Waals surface area contributed by atoms with E-state index in [0.717, 1.165) is 24.9 Å². The van der Waals surface area contributed by atoms with Crippen molar-refractivity contribution in [3.05, 3.63) is 47.5 Å². The summed E-state index contributed by atoms with van der Waals surface area (Å²) in [7, 11) is 0. The van der Waals surface area contributed by atoms with Gasteiger partial charge in [-0.2, -0.15) is 0 Å². The lowest BCUT2D eigenvalue weighted by molar-refractivity contribution is -0.133. The standard InChI is InChI=1S/C15H19ClN2O/c1-2-10-18(15(19)14-8-5-9-17-14)11-12-6-3-4-7-13(12)16/h2-4,6-7,14,17H,1,5,8-11H2/t14-/m0/s1. The van der Waals surface area contributed by atoms with Gasteiger partial charge in [-0.1, -0.05) is 35.9 Å². The Morgan fingerprint density at radius 3 is 2.95 bits per heavy atom. The van der Waals surface area contributed by atoms with Crippen LogP contribution >= 0.6 is 11.6 Å². The molecule has 102 valence electrons. The predicted octanol–water partition coefficient (Wildman–Crippen LogP) is 2.61. The second-order valence-electron chi connectivity index (χ2n) is 4.75. The van der Waals surface area contributed by atoms with Crippen molar-refractivity contribution in [2.75, 3.05) is 13.1 Å². The molecule has 0 saturated carbocycles. The second-order valence-corrected chi connectivity index (χ2v) is 5.15. The zero-order valence-electron chi connectivity index (χ0n) is 10.9. The first kappa shape index (κ1) is 14.1. The highest BCUT2D eigenvalue weighted by Crippen LogP contribution is 2.18. The van der Waals surface area contributed by atoms with Crippen LogP contribution in [0.15, 0.2) is 36.9 Å². The van der Waals surface area contributed by atoms with E-state index in [0.29, 0.717) is 18.1 Å². The molecule has 1 aliphatic rings. The average molecular weight is 279 g/mol. The lowest BCUT2D eigenvalue weighted by Gasteiger charge is -2.25. The number of nitrogens with one attached hydrogen (secondary N) is 1. The van der Waals surface area contributed by atoms with Crippen LogP contribution in [0.25, 0.3) is 0 Å². The first-order valence-corrected chi connectivity index (χ1v) is 6.96. The Morgan fingerprint density at radius 2 is 2.32 bits per heavy atom. The number of hydrogen-bond donors (Lipinski definition) is 1. The molecule has 1 saturated heterocycles. The van der Waals surface area contributed by atoms with Gasteiger partial charge in [0.05, 0.1) is 6.04 Å². The van der Waals surface area contributed by atoms with Gasteiger partial charge >= 0.3 is 0 Å². The Hall–Kier alpha value is -1.32. The molecule has 0 radical (unpaired) electrons. The fourth-order valence-corrected chi connectivity index (χ4v) is 2.53. The molecular formula is C15H19ClN2O. The van der Waals surface area contributed by atoms with Gasteiger partial charge in [0.15, 0.2) is 0 Å². The van der Waals surface area contributed by atoms with E-state index in [-0.39, 0.29) is 11.9 Å². The molecule has 1 fully saturated rings. The first-order chi connectivity index (χ1) is 9.22. The van der Waals surface area contributed by atoms with E-state index in [1.54, 1.807) is 11.0 Å². The smallest absolute Gasteiger partial charge is 0.240 e. The topological polar surface area (TPSA) is 32.3 Å². The predicted molar refractivity (Wildman–Crippen MR) is 78.1 cm³/mol. The van der Waals surface area contributed by atoms with Gasteiger partial charge in [-0.15, -0.1) is 6.58 Å². The van der Waals surface area contributed by atoms with Crippen LogP contribution in [0, 0.1) is 0 Å². The number of hydrogen-bond acceptors (Lipinski definition) is 2. The maximum absolute atomic E-state index is 12.4. The van der Waals surface area contributed by atoms with Gasteiger partial charge in [0.25, 0.3) is 0 Å². The van der Waals surface area contributed by atoms with Crippen molar-refractivity contribution in [2.24, 2.45) is 0 Å². The van der Waals surface area contributed by atoms with Gasteiger partial charge in [-0.3, -0.25) is 4.79 Å². The number of amides is 1. The van der Waals surface area contributed by atoms with Gasteiger partial charge in [-0.05, 0) is 31.0 Å². The number of carbonyl (C=O) groups excluding carboxylic acids is 1. The van der Waals surface area contributed by atoms with Crippen LogP contribution < -0.4 is 5.32 Å². The molecule has 0 spiro atoms. The highest BCUT2D eigenvalue weighted by atomic mass is 35.5. The minimum atomic E-state index is -0.0533.